The van der Waals surface area contributed by atoms with Crippen LogP contribution in [-0.4, -0.2) is 19.0 Å². The van der Waals surface area contributed by atoms with Gasteiger partial charge in [-0.15, -0.1) is 0 Å². The highest BCUT2D eigenvalue weighted by atomic mass is 79.9. The first-order valence-corrected chi connectivity index (χ1v) is 6.98. The zero-order valence-electron chi connectivity index (χ0n) is 11.0. The van der Waals surface area contributed by atoms with Crippen LogP contribution in [0.4, 0.5) is 0 Å². The van der Waals surface area contributed by atoms with Gasteiger partial charge in [-0.2, -0.15) is 0 Å². The van der Waals surface area contributed by atoms with Crippen molar-refractivity contribution in [3.8, 4) is 0 Å². The van der Waals surface area contributed by atoms with Crippen LogP contribution < -0.4 is 11.1 Å². The molecule has 1 aromatic rings. The highest BCUT2D eigenvalue weighted by molar-refractivity contribution is 9.10. The summed E-state index contributed by atoms with van der Waals surface area (Å²) in [5.74, 6) is 0.0747. The van der Waals surface area contributed by atoms with Gasteiger partial charge in [0.1, 0.15) is 0 Å². The topological polar surface area (TPSA) is 55.1 Å². The number of benzene rings is 1. The molecular formula is C14H21BrN2O. The standard InChI is InChI=1S/C14H21BrN2O/c1-14(2,10-17-13(18)4-3-9-16)11-5-7-12(15)8-6-11/h5-8H,3-4,9-10,16H2,1-2H3,(H,17,18). The summed E-state index contributed by atoms with van der Waals surface area (Å²) in [5.41, 5.74) is 6.52. The number of halogens is 1. The molecule has 0 unspecified atom stereocenters. The van der Waals surface area contributed by atoms with Gasteiger partial charge < -0.3 is 11.1 Å². The highest BCUT2D eigenvalue weighted by Crippen LogP contribution is 2.23. The lowest BCUT2D eigenvalue weighted by Gasteiger charge is -2.25. The maximum atomic E-state index is 11.6. The van der Waals surface area contributed by atoms with Crippen molar-refractivity contribution in [2.75, 3.05) is 13.1 Å². The number of carbonyl (C=O) groups is 1. The number of rotatable bonds is 6. The number of hydrogen-bond acceptors (Lipinski definition) is 2. The third-order valence-electron chi connectivity index (χ3n) is 2.96. The molecule has 3 N–H and O–H groups in total. The maximum absolute atomic E-state index is 11.6. The molecule has 18 heavy (non-hydrogen) atoms. The van der Waals surface area contributed by atoms with E-state index >= 15 is 0 Å². The lowest BCUT2D eigenvalue weighted by Crippen LogP contribution is -2.36. The quantitative estimate of drug-likeness (QED) is 0.848. The molecule has 1 amide bonds. The minimum absolute atomic E-state index is 0.0704. The molecule has 0 bridgehead atoms. The van der Waals surface area contributed by atoms with E-state index in [9.17, 15) is 4.79 Å². The Balaban J connectivity index is 2.54. The molecule has 0 fully saturated rings. The lowest BCUT2D eigenvalue weighted by atomic mass is 9.84. The Morgan fingerprint density at radius 3 is 2.50 bits per heavy atom. The van der Waals surface area contributed by atoms with E-state index in [0.29, 0.717) is 19.5 Å². The van der Waals surface area contributed by atoms with E-state index in [1.165, 1.54) is 5.56 Å². The van der Waals surface area contributed by atoms with E-state index < -0.39 is 0 Å². The predicted molar refractivity (Wildman–Crippen MR) is 78.5 cm³/mol. The number of nitrogens with two attached hydrogens (primary N) is 1. The average Bonchev–Trinajstić information content (AvgIpc) is 2.34. The van der Waals surface area contributed by atoms with Crippen LogP contribution in [0.15, 0.2) is 28.7 Å². The van der Waals surface area contributed by atoms with E-state index in [-0.39, 0.29) is 11.3 Å². The molecule has 3 nitrogen and oxygen atoms in total. The Labute approximate surface area is 117 Å². The minimum atomic E-state index is -0.0704. The summed E-state index contributed by atoms with van der Waals surface area (Å²) in [7, 11) is 0. The molecule has 4 heteroatoms. The van der Waals surface area contributed by atoms with E-state index in [1.807, 2.05) is 12.1 Å². The van der Waals surface area contributed by atoms with Crippen molar-refractivity contribution < 1.29 is 4.79 Å². The molecule has 0 atom stereocenters. The maximum Gasteiger partial charge on any atom is 0.220 e. The van der Waals surface area contributed by atoms with Gasteiger partial charge in [0.2, 0.25) is 5.91 Å². The van der Waals surface area contributed by atoms with Crippen LogP contribution in [0.25, 0.3) is 0 Å². The Morgan fingerprint density at radius 2 is 1.94 bits per heavy atom. The Kier molecular flexibility index (Phi) is 5.82. The predicted octanol–water partition coefficient (Wildman–Crippen LogP) is 2.58. The fourth-order valence-electron chi connectivity index (χ4n) is 1.67. The first kappa shape index (κ1) is 15.2. The SMILES string of the molecule is CC(C)(CNC(=O)CCCN)c1ccc(Br)cc1. The molecule has 0 saturated carbocycles. The van der Waals surface area contributed by atoms with Gasteiger partial charge in [0, 0.05) is 22.9 Å². The van der Waals surface area contributed by atoms with Crippen LogP contribution in [-0.2, 0) is 10.2 Å². The largest absolute Gasteiger partial charge is 0.355 e. The molecule has 0 aromatic heterocycles. The number of nitrogens with one attached hydrogen (secondary N) is 1. The lowest BCUT2D eigenvalue weighted by molar-refractivity contribution is -0.121. The van der Waals surface area contributed by atoms with Crippen molar-refractivity contribution in [3.63, 3.8) is 0 Å². The van der Waals surface area contributed by atoms with Gasteiger partial charge in [-0.3, -0.25) is 4.79 Å². The third-order valence-corrected chi connectivity index (χ3v) is 3.49. The monoisotopic (exact) mass is 312 g/mol. The summed E-state index contributed by atoms with van der Waals surface area (Å²) < 4.78 is 1.06. The summed E-state index contributed by atoms with van der Waals surface area (Å²) in [4.78, 5) is 11.6. The van der Waals surface area contributed by atoms with E-state index in [1.54, 1.807) is 0 Å². The third kappa shape index (κ3) is 4.78. The molecule has 1 aromatic carbocycles. The van der Waals surface area contributed by atoms with Crippen LogP contribution in [0.3, 0.4) is 0 Å². The van der Waals surface area contributed by atoms with Gasteiger partial charge >= 0.3 is 0 Å². The normalized spacial score (nSPS) is 11.3. The molecular weight excluding hydrogens is 292 g/mol. The van der Waals surface area contributed by atoms with Gasteiger partial charge in [0.05, 0.1) is 0 Å². The number of amides is 1. The Bertz CT molecular complexity index is 387. The van der Waals surface area contributed by atoms with Crippen LogP contribution in [0.2, 0.25) is 0 Å². The molecule has 0 aliphatic heterocycles. The Morgan fingerprint density at radius 1 is 1.33 bits per heavy atom. The van der Waals surface area contributed by atoms with Gasteiger partial charge in [0.15, 0.2) is 0 Å². The summed E-state index contributed by atoms with van der Waals surface area (Å²) in [6, 6.07) is 8.20. The second-order valence-electron chi connectivity index (χ2n) is 5.06. The molecule has 100 valence electrons. The molecule has 1 rings (SSSR count). The van der Waals surface area contributed by atoms with Crippen molar-refractivity contribution in [1.82, 2.24) is 5.32 Å². The van der Waals surface area contributed by atoms with Crippen LogP contribution in [0, 0.1) is 0 Å². The molecule has 0 saturated heterocycles. The second kappa shape index (κ2) is 6.90. The first-order valence-electron chi connectivity index (χ1n) is 6.18. The zero-order chi connectivity index (χ0) is 13.6. The fraction of sp³-hybridized carbons (Fsp3) is 0.500. The average molecular weight is 313 g/mol. The van der Waals surface area contributed by atoms with Crippen LogP contribution >= 0.6 is 15.9 Å². The number of hydrogen-bond donors (Lipinski definition) is 2. The van der Waals surface area contributed by atoms with Crippen molar-refractivity contribution in [3.05, 3.63) is 34.3 Å². The molecule has 0 aliphatic carbocycles. The van der Waals surface area contributed by atoms with E-state index in [0.717, 1.165) is 10.9 Å². The molecule has 0 spiro atoms. The van der Waals surface area contributed by atoms with Gasteiger partial charge in [0.25, 0.3) is 0 Å². The zero-order valence-corrected chi connectivity index (χ0v) is 12.6. The van der Waals surface area contributed by atoms with E-state index in [2.05, 4.69) is 47.2 Å². The summed E-state index contributed by atoms with van der Waals surface area (Å²) in [6.45, 7) is 5.44. The van der Waals surface area contributed by atoms with Crippen molar-refractivity contribution in [1.29, 1.82) is 0 Å². The number of carbonyl (C=O) groups excluding carboxylic acids is 1. The first-order chi connectivity index (χ1) is 8.45. The fourth-order valence-corrected chi connectivity index (χ4v) is 1.94. The van der Waals surface area contributed by atoms with Gasteiger partial charge in [-0.25, -0.2) is 0 Å². The summed E-state index contributed by atoms with van der Waals surface area (Å²) in [6.07, 6.45) is 1.25. The van der Waals surface area contributed by atoms with E-state index in [4.69, 9.17) is 5.73 Å². The van der Waals surface area contributed by atoms with Crippen molar-refractivity contribution >= 4 is 21.8 Å². The molecule has 0 aliphatic rings. The second-order valence-corrected chi connectivity index (χ2v) is 5.98. The summed E-state index contributed by atoms with van der Waals surface area (Å²) in [5, 5.41) is 2.96. The highest BCUT2D eigenvalue weighted by Gasteiger charge is 2.21. The Hall–Kier alpha value is -0.870. The summed E-state index contributed by atoms with van der Waals surface area (Å²) >= 11 is 3.42. The molecule has 0 heterocycles. The van der Waals surface area contributed by atoms with Crippen molar-refractivity contribution in [2.24, 2.45) is 5.73 Å². The van der Waals surface area contributed by atoms with Crippen molar-refractivity contribution in [2.45, 2.75) is 32.1 Å². The van der Waals surface area contributed by atoms with Gasteiger partial charge in [-0.05, 0) is 30.7 Å². The van der Waals surface area contributed by atoms with Crippen LogP contribution in [0.5, 0.6) is 0 Å². The minimum Gasteiger partial charge on any atom is -0.355 e. The van der Waals surface area contributed by atoms with Crippen LogP contribution in [0.1, 0.15) is 32.3 Å². The van der Waals surface area contributed by atoms with Gasteiger partial charge in [-0.1, -0.05) is 41.9 Å². The molecule has 0 radical (unpaired) electrons. The smallest absolute Gasteiger partial charge is 0.220 e.